The van der Waals surface area contributed by atoms with E-state index in [1.165, 1.54) is 37.1 Å². The minimum atomic E-state index is 0.740. The molecule has 2 rings (SSSR count). The lowest BCUT2D eigenvalue weighted by molar-refractivity contribution is 0.315. The molecule has 1 aliphatic rings. The molecule has 1 unspecified atom stereocenters. The summed E-state index contributed by atoms with van der Waals surface area (Å²) in [6.45, 7) is 6.70. The Balaban J connectivity index is 1.86. The van der Waals surface area contributed by atoms with Gasteiger partial charge in [-0.2, -0.15) is 0 Å². The zero-order valence-corrected chi connectivity index (χ0v) is 10.9. The molecular weight excluding hydrogens is 208 g/mol. The maximum atomic E-state index is 5.55. The van der Waals surface area contributed by atoms with Crippen molar-refractivity contribution in [3.05, 3.63) is 35.4 Å². The Morgan fingerprint density at radius 3 is 2.53 bits per heavy atom. The van der Waals surface area contributed by atoms with Crippen LogP contribution in [0.5, 0.6) is 0 Å². The second kappa shape index (κ2) is 6.18. The molecule has 2 nitrogen and oxygen atoms in total. The number of likely N-dealkylation sites (tertiary alicyclic amines) is 1. The van der Waals surface area contributed by atoms with Crippen molar-refractivity contribution >= 4 is 0 Å². The molecule has 0 saturated carbocycles. The highest BCUT2D eigenvalue weighted by atomic mass is 15.1. The fourth-order valence-corrected chi connectivity index (χ4v) is 2.63. The summed E-state index contributed by atoms with van der Waals surface area (Å²) in [4.78, 5) is 2.58. The molecule has 1 aliphatic heterocycles. The maximum absolute atomic E-state index is 5.55. The standard InChI is InChI=1S/C15H24N2/c1-2-13-8-10-17(11-13)12-15-5-3-14(4-6-15)7-9-16/h3-6,13H,2,7-12,16H2,1H3. The van der Waals surface area contributed by atoms with Gasteiger partial charge in [-0.15, -0.1) is 0 Å². The van der Waals surface area contributed by atoms with Crippen molar-refractivity contribution in [3.8, 4) is 0 Å². The summed E-state index contributed by atoms with van der Waals surface area (Å²) < 4.78 is 0. The van der Waals surface area contributed by atoms with Crippen molar-refractivity contribution in [1.82, 2.24) is 4.90 Å². The first-order valence-electron chi connectivity index (χ1n) is 6.82. The van der Waals surface area contributed by atoms with Gasteiger partial charge in [0.2, 0.25) is 0 Å². The average molecular weight is 232 g/mol. The molecule has 0 amide bonds. The van der Waals surface area contributed by atoms with Crippen LogP contribution in [-0.4, -0.2) is 24.5 Å². The van der Waals surface area contributed by atoms with Gasteiger partial charge in [-0.05, 0) is 43.0 Å². The largest absolute Gasteiger partial charge is 0.330 e. The monoisotopic (exact) mass is 232 g/mol. The van der Waals surface area contributed by atoms with Gasteiger partial charge in [-0.1, -0.05) is 37.6 Å². The molecule has 94 valence electrons. The van der Waals surface area contributed by atoms with Crippen LogP contribution in [0.1, 0.15) is 30.9 Å². The van der Waals surface area contributed by atoms with Crippen molar-refractivity contribution in [3.63, 3.8) is 0 Å². The van der Waals surface area contributed by atoms with E-state index in [-0.39, 0.29) is 0 Å². The van der Waals surface area contributed by atoms with Gasteiger partial charge < -0.3 is 5.73 Å². The predicted octanol–water partition coefficient (Wildman–Crippen LogP) is 2.42. The summed E-state index contributed by atoms with van der Waals surface area (Å²) in [5.41, 5.74) is 8.34. The lowest BCUT2D eigenvalue weighted by atomic mass is 10.1. The van der Waals surface area contributed by atoms with Crippen molar-refractivity contribution in [2.75, 3.05) is 19.6 Å². The van der Waals surface area contributed by atoms with Crippen molar-refractivity contribution < 1.29 is 0 Å². The third kappa shape index (κ3) is 3.55. The van der Waals surface area contributed by atoms with Crippen molar-refractivity contribution in [2.24, 2.45) is 11.7 Å². The van der Waals surface area contributed by atoms with E-state index in [0.29, 0.717) is 0 Å². The van der Waals surface area contributed by atoms with Crippen LogP contribution >= 0.6 is 0 Å². The van der Waals surface area contributed by atoms with Crippen LogP contribution in [0.2, 0.25) is 0 Å². The van der Waals surface area contributed by atoms with Gasteiger partial charge in [0.1, 0.15) is 0 Å². The van der Waals surface area contributed by atoms with Crippen LogP contribution in [0.4, 0.5) is 0 Å². The van der Waals surface area contributed by atoms with Gasteiger partial charge in [0.05, 0.1) is 0 Å². The summed E-state index contributed by atoms with van der Waals surface area (Å²) in [5, 5.41) is 0. The molecule has 2 N–H and O–H groups in total. The summed E-state index contributed by atoms with van der Waals surface area (Å²) in [5.74, 6) is 0.923. The highest BCUT2D eigenvalue weighted by molar-refractivity contribution is 5.22. The summed E-state index contributed by atoms with van der Waals surface area (Å²) in [6, 6.07) is 8.94. The van der Waals surface area contributed by atoms with Crippen LogP contribution in [0.25, 0.3) is 0 Å². The molecule has 1 aromatic carbocycles. The first kappa shape index (κ1) is 12.6. The summed E-state index contributed by atoms with van der Waals surface area (Å²) in [7, 11) is 0. The summed E-state index contributed by atoms with van der Waals surface area (Å²) >= 11 is 0. The molecular formula is C15H24N2. The van der Waals surface area contributed by atoms with Crippen LogP contribution in [0.3, 0.4) is 0 Å². The molecule has 0 bridgehead atoms. The molecule has 1 heterocycles. The van der Waals surface area contributed by atoms with Crippen LogP contribution in [-0.2, 0) is 13.0 Å². The second-order valence-corrected chi connectivity index (χ2v) is 5.15. The minimum absolute atomic E-state index is 0.740. The van der Waals surface area contributed by atoms with E-state index >= 15 is 0 Å². The minimum Gasteiger partial charge on any atom is -0.330 e. The maximum Gasteiger partial charge on any atom is 0.0233 e. The van der Waals surface area contributed by atoms with Crippen LogP contribution in [0.15, 0.2) is 24.3 Å². The number of rotatable bonds is 5. The number of hydrogen-bond acceptors (Lipinski definition) is 2. The van der Waals surface area contributed by atoms with E-state index < -0.39 is 0 Å². The van der Waals surface area contributed by atoms with E-state index in [4.69, 9.17) is 5.73 Å². The zero-order chi connectivity index (χ0) is 12.1. The zero-order valence-electron chi connectivity index (χ0n) is 10.9. The highest BCUT2D eigenvalue weighted by Crippen LogP contribution is 2.21. The van der Waals surface area contributed by atoms with Gasteiger partial charge in [0, 0.05) is 13.1 Å². The van der Waals surface area contributed by atoms with Gasteiger partial charge in [0.15, 0.2) is 0 Å². The highest BCUT2D eigenvalue weighted by Gasteiger charge is 2.20. The molecule has 0 spiro atoms. The normalized spacial score (nSPS) is 20.9. The molecule has 17 heavy (non-hydrogen) atoms. The fraction of sp³-hybridized carbons (Fsp3) is 0.600. The van der Waals surface area contributed by atoms with Gasteiger partial charge in [-0.3, -0.25) is 4.90 Å². The Kier molecular flexibility index (Phi) is 4.57. The first-order chi connectivity index (χ1) is 8.31. The number of hydrogen-bond donors (Lipinski definition) is 1. The molecule has 1 aromatic rings. The van der Waals surface area contributed by atoms with E-state index in [9.17, 15) is 0 Å². The third-order valence-electron chi connectivity index (χ3n) is 3.81. The lowest BCUT2D eigenvalue weighted by Gasteiger charge is -2.15. The molecule has 1 fully saturated rings. The average Bonchev–Trinajstić information content (AvgIpc) is 2.80. The second-order valence-electron chi connectivity index (χ2n) is 5.15. The molecule has 1 saturated heterocycles. The van der Waals surface area contributed by atoms with E-state index in [2.05, 4.69) is 36.1 Å². The lowest BCUT2D eigenvalue weighted by Crippen LogP contribution is -2.19. The van der Waals surface area contributed by atoms with E-state index in [0.717, 1.165) is 25.4 Å². The van der Waals surface area contributed by atoms with Crippen molar-refractivity contribution in [2.45, 2.75) is 32.7 Å². The number of nitrogens with two attached hydrogens (primary N) is 1. The predicted molar refractivity (Wildman–Crippen MR) is 72.9 cm³/mol. The fourth-order valence-electron chi connectivity index (χ4n) is 2.63. The molecule has 0 aliphatic carbocycles. The van der Waals surface area contributed by atoms with Gasteiger partial charge in [-0.25, -0.2) is 0 Å². The molecule has 0 aromatic heterocycles. The van der Waals surface area contributed by atoms with E-state index in [1.807, 2.05) is 0 Å². The first-order valence-corrected chi connectivity index (χ1v) is 6.82. The molecule has 2 heteroatoms. The topological polar surface area (TPSA) is 29.3 Å². The smallest absolute Gasteiger partial charge is 0.0233 e. The molecule has 0 radical (unpaired) electrons. The summed E-state index contributed by atoms with van der Waals surface area (Å²) in [6.07, 6.45) is 3.69. The SMILES string of the molecule is CCC1CCN(Cc2ccc(CCN)cc2)C1. The Morgan fingerprint density at radius 1 is 1.24 bits per heavy atom. The molecule has 1 atom stereocenters. The number of nitrogens with zero attached hydrogens (tertiary/aromatic N) is 1. The Morgan fingerprint density at radius 2 is 1.94 bits per heavy atom. The Bertz CT molecular complexity index is 331. The van der Waals surface area contributed by atoms with Crippen molar-refractivity contribution in [1.29, 1.82) is 0 Å². The van der Waals surface area contributed by atoms with Gasteiger partial charge in [0.25, 0.3) is 0 Å². The van der Waals surface area contributed by atoms with Crippen LogP contribution in [0, 0.1) is 5.92 Å². The Labute approximate surface area is 105 Å². The number of benzene rings is 1. The Hall–Kier alpha value is -0.860. The third-order valence-corrected chi connectivity index (χ3v) is 3.81. The van der Waals surface area contributed by atoms with Crippen LogP contribution < -0.4 is 5.73 Å². The quantitative estimate of drug-likeness (QED) is 0.845. The van der Waals surface area contributed by atoms with Gasteiger partial charge >= 0.3 is 0 Å². The van der Waals surface area contributed by atoms with E-state index in [1.54, 1.807) is 0 Å².